The van der Waals surface area contributed by atoms with E-state index in [1.54, 1.807) is 0 Å². The molecule has 7 aliphatic rings. The minimum atomic E-state index is -3.53. The van der Waals surface area contributed by atoms with Gasteiger partial charge in [-0.2, -0.15) is 0 Å². The van der Waals surface area contributed by atoms with Crippen LogP contribution in [0.1, 0.15) is 48.0 Å². The monoisotopic (exact) mass is 1590 g/mol. The molecular formula is C61H103N5O43. The van der Waals surface area contributed by atoms with Gasteiger partial charge in [0.05, 0.1) is 77.1 Å². The third kappa shape index (κ3) is 21.3. The number of carboxylic acids is 1. The zero-order valence-electron chi connectivity index (χ0n) is 59.3. The molecule has 7 aliphatic heterocycles. The van der Waals surface area contributed by atoms with Gasteiger partial charge in [-0.15, -0.1) is 0 Å². The predicted octanol–water partition coefficient (Wildman–Crippen LogP) is -17.9. The summed E-state index contributed by atoms with van der Waals surface area (Å²) in [5.74, 6) is -10.4. The Labute approximate surface area is 618 Å². The molecular weight excluding hydrogens is 1490 g/mol. The normalized spacial score (nSPS) is 43.1. The van der Waals surface area contributed by atoms with Crippen LogP contribution in [0, 0.1) is 0 Å². The summed E-state index contributed by atoms with van der Waals surface area (Å²) >= 11 is 0. The van der Waals surface area contributed by atoms with E-state index in [1.165, 1.54) is 6.92 Å². The molecule has 109 heavy (non-hydrogen) atoms. The van der Waals surface area contributed by atoms with E-state index in [0.717, 1.165) is 34.6 Å². The van der Waals surface area contributed by atoms with Crippen LogP contribution in [0.25, 0.3) is 0 Å². The molecule has 28 N–H and O–H groups in total. The maximum absolute atomic E-state index is 13.8. The molecule has 7 saturated heterocycles. The number of aliphatic carboxylic acids is 1. The third-order valence-electron chi connectivity index (χ3n) is 19.2. The second-order valence-corrected chi connectivity index (χ2v) is 27.3. The third-order valence-corrected chi connectivity index (χ3v) is 19.2. The Morgan fingerprint density at radius 2 is 0.862 bits per heavy atom. The number of aliphatic hydroxyl groups excluding tert-OH is 22. The fourth-order valence-electron chi connectivity index (χ4n) is 13.7. The highest BCUT2D eigenvalue weighted by atomic mass is 16.8. The van der Waals surface area contributed by atoms with Crippen molar-refractivity contribution in [2.45, 2.75) is 293 Å². The highest BCUT2D eigenvalue weighted by molar-refractivity contribution is 5.77. The van der Waals surface area contributed by atoms with Gasteiger partial charge in [0, 0.05) is 41.0 Å². The van der Waals surface area contributed by atoms with Crippen molar-refractivity contribution in [3.8, 4) is 0 Å². The van der Waals surface area contributed by atoms with Crippen LogP contribution in [0.15, 0.2) is 0 Å². The Kier molecular flexibility index (Phi) is 33.7. The first-order chi connectivity index (χ1) is 51.3. The van der Waals surface area contributed by atoms with Gasteiger partial charge in [0.2, 0.25) is 29.5 Å². The van der Waals surface area contributed by atoms with E-state index < -0.39 is 339 Å². The van der Waals surface area contributed by atoms with E-state index in [2.05, 4.69) is 26.6 Å². The second kappa shape index (κ2) is 40.1. The molecule has 7 heterocycles. The fourth-order valence-corrected chi connectivity index (χ4v) is 13.7. The lowest BCUT2D eigenvalue weighted by atomic mass is 9.88. The SMILES string of the molecule is CC(=O)N[C@H]1[C@H](O[C@@H]2[C@@H](NC(C)=O)[C@H](OC[C@@H](O)[C@H](O)[C@H](O[C@@H]3O[C@H](CO)[C@H](O[C@@H]4O[C@H](CO)[C@H](O[C@H]5O[C@H](CO)[C@@H](O)[C@H](O)[C@H]5NC(C)=O)[C@H](O)[C@H]4O)[C@H](O[C@]4(C(=O)O)C[C@H](O)[C@@H](NC(C)=O)[C@H]([C@H](O)[C@H](O)CO)O4)[C@H]3O)[C@H](CO)NC(C)=O)O[C@H](CO)[C@H]2O[C@H]2O[C@H](C)[C@H](O)[C@H](O)[C@H]2O)O[C@H](CO)[C@@H](O)[C@@H]1O. The number of aliphatic hydroxyl groups is 22. The lowest BCUT2D eigenvalue weighted by Crippen LogP contribution is -2.71. The molecule has 0 aromatic carbocycles. The fraction of sp³-hybridized carbons (Fsp3) is 0.902. The molecule has 48 heteroatoms. The van der Waals surface area contributed by atoms with Gasteiger partial charge in [-0.3, -0.25) is 24.0 Å². The topological polar surface area (TPSA) is 757 Å². The minimum Gasteiger partial charge on any atom is -0.477 e. The van der Waals surface area contributed by atoms with Crippen molar-refractivity contribution in [1.29, 1.82) is 0 Å². The molecule has 0 aliphatic carbocycles. The predicted molar refractivity (Wildman–Crippen MR) is 340 cm³/mol. The number of ether oxygens (including phenoxy) is 14. The van der Waals surface area contributed by atoms with Crippen LogP contribution >= 0.6 is 0 Å². The van der Waals surface area contributed by atoms with Gasteiger partial charge in [0.25, 0.3) is 5.79 Å². The van der Waals surface area contributed by atoms with Crippen LogP contribution in [-0.2, 0) is 95.1 Å². The zero-order chi connectivity index (χ0) is 81.3. The molecule has 630 valence electrons. The number of nitrogens with one attached hydrogen (secondary N) is 5. The summed E-state index contributed by atoms with van der Waals surface area (Å²) in [5.41, 5.74) is 0. The molecule has 48 nitrogen and oxygen atoms in total. The lowest BCUT2D eigenvalue weighted by Gasteiger charge is -2.52. The van der Waals surface area contributed by atoms with Crippen molar-refractivity contribution < 1.29 is 213 Å². The number of hydrogen-bond donors (Lipinski definition) is 28. The van der Waals surface area contributed by atoms with E-state index in [9.17, 15) is 146 Å². The molecule has 0 aromatic heterocycles. The number of rotatable bonds is 33. The molecule has 5 amide bonds. The highest BCUT2D eigenvalue weighted by Gasteiger charge is 2.63. The maximum Gasteiger partial charge on any atom is 0.364 e. The van der Waals surface area contributed by atoms with Gasteiger partial charge in [0.1, 0.15) is 177 Å². The smallest absolute Gasteiger partial charge is 0.364 e. The Morgan fingerprint density at radius 3 is 1.34 bits per heavy atom. The van der Waals surface area contributed by atoms with E-state index in [4.69, 9.17) is 66.3 Å². The van der Waals surface area contributed by atoms with Crippen molar-refractivity contribution in [1.82, 2.24) is 26.6 Å². The maximum atomic E-state index is 13.8. The molecule has 0 spiro atoms. The van der Waals surface area contributed by atoms with Crippen LogP contribution in [0.3, 0.4) is 0 Å². The molecule has 7 fully saturated rings. The largest absolute Gasteiger partial charge is 0.477 e. The first-order valence-electron chi connectivity index (χ1n) is 34.5. The molecule has 0 unspecified atom stereocenters. The standard InChI is InChI=1S/C61H103N5O43/c1-16-35(82)42(89)44(91)57(97-16)105-49-29(13-72)100-54(34(66-21(6)78)52(49)107-56-33(65-20(5)77)41(88)39(86)27(11-70)99-56)96-15-25(81)37(84)47(22(8-67)62-17(2)74)103-59-46(93)53(109-61(60(94)95)7-23(79)31(63-18(3)75)51(108-61)36(83)24(80)9-68)50(30(14-73)102-59)106-58-45(92)43(90)48(28(12-71)101-58)104-55-32(64-19(4)76)40(87)38(85)26(10-69)98-55/h16,22-59,67-73,79-93H,7-15H2,1-6H3,(H,62,74)(H,63,75)(H,64,76)(H,65,77)(H,66,78)(H,94,95)/t16-,22+,23+,24-,25-,26-,27-,28-,29-,30-,31-,32-,33-,34-,35+,36-,37+,38-,39-,40-,41-,42+,43-,44-,45-,46-,47-,48+,49-,50+,51-,52-,53-,54-,55-,56+,57-,58+,59+,61+/m1/s1. The van der Waals surface area contributed by atoms with Crippen molar-refractivity contribution in [3.05, 3.63) is 0 Å². The number of carbonyl (C=O) groups is 6. The van der Waals surface area contributed by atoms with Crippen molar-refractivity contribution in [3.63, 3.8) is 0 Å². The van der Waals surface area contributed by atoms with Crippen molar-refractivity contribution in [2.24, 2.45) is 0 Å². The summed E-state index contributed by atoms with van der Waals surface area (Å²) in [7, 11) is 0. The molecule has 0 aromatic rings. The number of carbonyl (C=O) groups excluding carboxylic acids is 5. The Bertz CT molecular complexity index is 2930. The first kappa shape index (κ1) is 91.6. The van der Waals surface area contributed by atoms with Crippen LogP contribution < -0.4 is 26.6 Å². The van der Waals surface area contributed by atoms with E-state index in [-0.39, 0.29) is 0 Å². The first-order valence-corrected chi connectivity index (χ1v) is 34.5. The van der Waals surface area contributed by atoms with Crippen LogP contribution in [0.5, 0.6) is 0 Å². The number of hydrogen-bond acceptors (Lipinski definition) is 42. The number of carboxylic acid groups (broad SMARTS) is 1. The van der Waals surface area contributed by atoms with Gasteiger partial charge in [0.15, 0.2) is 37.7 Å². The average Bonchev–Trinajstić information content (AvgIpc) is 0.751. The summed E-state index contributed by atoms with van der Waals surface area (Å²) in [4.78, 5) is 77.3. The molecule has 0 saturated carbocycles. The number of amides is 5. The van der Waals surface area contributed by atoms with Crippen LogP contribution in [0.4, 0.5) is 0 Å². The van der Waals surface area contributed by atoms with Crippen molar-refractivity contribution >= 4 is 35.5 Å². The Morgan fingerprint density at radius 1 is 0.431 bits per heavy atom. The highest BCUT2D eigenvalue weighted by Crippen LogP contribution is 2.42. The molecule has 0 radical (unpaired) electrons. The lowest BCUT2D eigenvalue weighted by molar-refractivity contribution is -0.402. The summed E-state index contributed by atoms with van der Waals surface area (Å²) in [6.45, 7) is -3.65. The minimum absolute atomic E-state index is 0.832. The molecule has 7 rings (SSSR count). The zero-order valence-corrected chi connectivity index (χ0v) is 59.3. The van der Waals surface area contributed by atoms with Gasteiger partial charge < -0.3 is 210 Å². The summed E-state index contributed by atoms with van der Waals surface area (Å²) in [6, 6.07) is -9.25. The second-order valence-electron chi connectivity index (χ2n) is 27.3. The molecule has 40 atom stereocenters. The summed E-state index contributed by atoms with van der Waals surface area (Å²) in [5, 5.41) is 267. The van der Waals surface area contributed by atoms with Gasteiger partial charge in [-0.05, 0) is 6.92 Å². The van der Waals surface area contributed by atoms with E-state index >= 15 is 0 Å². The summed E-state index contributed by atoms with van der Waals surface area (Å²) < 4.78 is 83.3. The van der Waals surface area contributed by atoms with E-state index in [1.807, 2.05) is 0 Å². The van der Waals surface area contributed by atoms with Gasteiger partial charge in [-0.25, -0.2) is 4.79 Å². The van der Waals surface area contributed by atoms with Gasteiger partial charge in [-0.1, -0.05) is 0 Å². The summed E-state index contributed by atoms with van der Waals surface area (Å²) in [6.07, 6.45) is -74.1. The average molecular weight is 1590 g/mol. The van der Waals surface area contributed by atoms with Gasteiger partial charge >= 0.3 is 5.97 Å². The Hall–Kier alpha value is -4.62. The van der Waals surface area contributed by atoms with E-state index in [0.29, 0.717) is 0 Å². The van der Waals surface area contributed by atoms with Crippen molar-refractivity contribution in [2.75, 3.05) is 52.9 Å². The molecule has 0 bridgehead atoms. The van der Waals surface area contributed by atoms with Crippen LogP contribution in [-0.4, -0.2) is 450 Å². The van der Waals surface area contributed by atoms with Crippen LogP contribution in [0.2, 0.25) is 0 Å². The quantitative estimate of drug-likeness (QED) is 0.0290. The Balaban J connectivity index is 1.26.